The molecule has 2 aliphatic rings. The van der Waals surface area contributed by atoms with Crippen LogP contribution in [0.3, 0.4) is 0 Å². The quantitative estimate of drug-likeness (QED) is 0.755. The molecule has 1 aliphatic carbocycles. The number of fused-ring (bicyclic) bond motifs is 1. The monoisotopic (exact) mass is 418 g/mol. The molecule has 1 N–H and O–H groups in total. The Bertz CT molecular complexity index is 739. The van der Waals surface area contributed by atoms with Gasteiger partial charge in [-0.1, -0.05) is 34.6 Å². The van der Waals surface area contributed by atoms with Crippen molar-refractivity contribution in [1.29, 1.82) is 0 Å². The fraction of sp³-hybridized carbons (Fsp3) is 0.750. The van der Waals surface area contributed by atoms with Gasteiger partial charge in [-0.25, -0.2) is 0 Å². The summed E-state index contributed by atoms with van der Waals surface area (Å²) in [6.45, 7) is 14.6. The van der Waals surface area contributed by atoms with Crippen LogP contribution in [-0.2, 0) is 17.6 Å². The van der Waals surface area contributed by atoms with Crippen molar-refractivity contribution in [3.05, 3.63) is 21.4 Å². The minimum Gasteiger partial charge on any atom is -0.353 e. The zero-order valence-corrected chi connectivity index (χ0v) is 19.8. The first-order valence-electron chi connectivity index (χ1n) is 11.3. The van der Waals surface area contributed by atoms with E-state index in [0.29, 0.717) is 30.3 Å². The normalized spacial score (nSPS) is 21.8. The number of carbonyl (C=O) groups is 2. The van der Waals surface area contributed by atoms with E-state index >= 15 is 0 Å². The first-order valence-corrected chi connectivity index (χ1v) is 12.1. The van der Waals surface area contributed by atoms with Gasteiger partial charge in [-0.05, 0) is 67.9 Å². The Balaban J connectivity index is 1.57. The van der Waals surface area contributed by atoms with E-state index in [9.17, 15) is 9.59 Å². The number of hydrogen-bond acceptors (Lipinski definition) is 3. The molecular formula is C24H38N2O2S. The minimum atomic E-state index is 0.0318. The van der Waals surface area contributed by atoms with Crippen LogP contribution < -0.4 is 5.32 Å². The number of nitrogens with zero attached hydrogens (tertiary/aromatic N) is 1. The minimum absolute atomic E-state index is 0.0318. The van der Waals surface area contributed by atoms with Crippen LogP contribution >= 0.6 is 11.3 Å². The summed E-state index contributed by atoms with van der Waals surface area (Å²) in [6.07, 6.45) is 4.95. The largest absolute Gasteiger partial charge is 0.353 e. The molecule has 1 aliphatic heterocycles. The van der Waals surface area contributed by atoms with Crippen LogP contribution in [0.5, 0.6) is 0 Å². The molecule has 2 atom stereocenters. The predicted octanol–water partition coefficient (Wildman–Crippen LogP) is 4.91. The highest BCUT2D eigenvalue weighted by Crippen LogP contribution is 2.40. The summed E-state index contributed by atoms with van der Waals surface area (Å²) >= 11 is 1.70. The molecule has 0 saturated carbocycles. The molecule has 3 rings (SSSR count). The third-order valence-electron chi connectivity index (χ3n) is 7.04. The second kappa shape index (κ2) is 8.79. The molecule has 1 aromatic heterocycles. The van der Waals surface area contributed by atoms with E-state index in [-0.39, 0.29) is 23.8 Å². The lowest BCUT2D eigenvalue weighted by Gasteiger charge is -2.33. The van der Waals surface area contributed by atoms with E-state index in [1.54, 1.807) is 11.3 Å². The number of likely N-dealkylation sites (tertiary alicyclic amines) is 1. The van der Waals surface area contributed by atoms with E-state index in [1.807, 2.05) is 4.90 Å². The van der Waals surface area contributed by atoms with Gasteiger partial charge in [-0.15, -0.1) is 11.3 Å². The van der Waals surface area contributed by atoms with E-state index in [0.717, 1.165) is 30.6 Å². The zero-order valence-electron chi connectivity index (χ0n) is 19.0. The molecule has 0 radical (unpaired) electrons. The lowest BCUT2D eigenvalue weighted by molar-refractivity contribution is -0.127. The van der Waals surface area contributed by atoms with Gasteiger partial charge in [0.25, 0.3) is 5.91 Å². The Hall–Kier alpha value is -1.36. The van der Waals surface area contributed by atoms with Gasteiger partial charge in [0.15, 0.2) is 0 Å². The first-order chi connectivity index (χ1) is 13.6. The zero-order chi connectivity index (χ0) is 21.3. The van der Waals surface area contributed by atoms with Gasteiger partial charge in [0.05, 0.1) is 4.88 Å². The molecule has 0 spiro atoms. The van der Waals surface area contributed by atoms with Gasteiger partial charge >= 0.3 is 0 Å². The number of nitrogens with one attached hydrogen (secondary N) is 1. The average molecular weight is 419 g/mol. The van der Waals surface area contributed by atoms with Gasteiger partial charge in [0.1, 0.15) is 0 Å². The lowest BCUT2D eigenvalue weighted by atomic mass is 9.72. The Kier molecular flexibility index (Phi) is 6.77. The molecule has 0 aromatic carbocycles. The number of amides is 2. The predicted molar refractivity (Wildman–Crippen MR) is 120 cm³/mol. The molecule has 1 saturated heterocycles. The molecule has 2 amide bonds. The second-order valence-corrected chi connectivity index (χ2v) is 11.6. The fourth-order valence-corrected chi connectivity index (χ4v) is 5.55. The van der Waals surface area contributed by atoms with Gasteiger partial charge < -0.3 is 10.2 Å². The Morgan fingerprint density at radius 3 is 2.38 bits per heavy atom. The van der Waals surface area contributed by atoms with Crippen LogP contribution in [0.15, 0.2) is 6.07 Å². The van der Waals surface area contributed by atoms with Crippen molar-refractivity contribution in [2.45, 2.75) is 79.7 Å². The molecule has 162 valence electrons. The first kappa shape index (κ1) is 22.3. The number of hydrogen-bond donors (Lipinski definition) is 1. The van der Waals surface area contributed by atoms with E-state index in [2.05, 4.69) is 52.9 Å². The fourth-order valence-electron chi connectivity index (χ4n) is 4.38. The highest BCUT2D eigenvalue weighted by molar-refractivity contribution is 7.14. The summed E-state index contributed by atoms with van der Waals surface area (Å²) in [5.41, 5.74) is 1.71. The SMILES string of the molecule is CC(C)C(C)NC(=O)C1CCN(C(=O)c2cc3c(s2)CCC(C(C)(C)C)C3)CC1. The summed E-state index contributed by atoms with van der Waals surface area (Å²) in [5, 5.41) is 3.13. The number of piperidine rings is 1. The van der Waals surface area contributed by atoms with Gasteiger partial charge in [0, 0.05) is 29.9 Å². The summed E-state index contributed by atoms with van der Waals surface area (Å²) in [6, 6.07) is 2.35. The second-order valence-electron chi connectivity index (χ2n) is 10.5. The van der Waals surface area contributed by atoms with Crippen molar-refractivity contribution in [2.24, 2.45) is 23.2 Å². The standard InChI is InChI=1S/C24H38N2O2S/c1-15(2)16(3)25-22(27)17-9-11-26(12-10-17)23(28)21-14-18-13-19(24(4,5)6)7-8-20(18)29-21/h14-17,19H,7-13H2,1-6H3,(H,25,27). The van der Waals surface area contributed by atoms with Crippen LogP contribution in [0.25, 0.3) is 0 Å². The maximum Gasteiger partial charge on any atom is 0.263 e. The molecule has 0 bridgehead atoms. The maximum atomic E-state index is 13.1. The summed E-state index contributed by atoms with van der Waals surface area (Å²) in [4.78, 5) is 29.8. The van der Waals surface area contributed by atoms with Gasteiger partial charge in [-0.2, -0.15) is 0 Å². The van der Waals surface area contributed by atoms with Crippen LogP contribution in [-0.4, -0.2) is 35.8 Å². The number of carbonyl (C=O) groups excluding carboxylic acids is 2. The highest BCUT2D eigenvalue weighted by atomic mass is 32.1. The molecule has 5 heteroatoms. The average Bonchev–Trinajstić information content (AvgIpc) is 3.10. The molecular weight excluding hydrogens is 380 g/mol. The molecule has 1 fully saturated rings. The van der Waals surface area contributed by atoms with Crippen LogP contribution in [0.1, 0.15) is 80.9 Å². The van der Waals surface area contributed by atoms with E-state index in [4.69, 9.17) is 0 Å². The van der Waals surface area contributed by atoms with Gasteiger partial charge in [0.2, 0.25) is 5.91 Å². The van der Waals surface area contributed by atoms with E-state index < -0.39 is 0 Å². The molecule has 2 unspecified atom stereocenters. The smallest absolute Gasteiger partial charge is 0.263 e. The highest BCUT2D eigenvalue weighted by Gasteiger charge is 2.32. The van der Waals surface area contributed by atoms with Crippen LogP contribution in [0.4, 0.5) is 0 Å². The van der Waals surface area contributed by atoms with Crippen molar-refractivity contribution in [3.63, 3.8) is 0 Å². The third-order valence-corrected chi connectivity index (χ3v) is 8.27. The van der Waals surface area contributed by atoms with Crippen molar-refractivity contribution < 1.29 is 9.59 Å². The van der Waals surface area contributed by atoms with Crippen molar-refractivity contribution in [2.75, 3.05) is 13.1 Å². The summed E-state index contributed by atoms with van der Waals surface area (Å²) in [5.74, 6) is 1.46. The van der Waals surface area contributed by atoms with Crippen molar-refractivity contribution in [3.8, 4) is 0 Å². The molecule has 2 heterocycles. The molecule has 4 nitrogen and oxygen atoms in total. The number of aryl methyl sites for hydroxylation is 1. The van der Waals surface area contributed by atoms with Crippen molar-refractivity contribution in [1.82, 2.24) is 10.2 Å². The molecule has 1 aromatic rings. The summed E-state index contributed by atoms with van der Waals surface area (Å²) in [7, 11) is 0. The Morgan fingerprint density at radius 2 is 1.79 bits per heavy atom. The van der Waals surface area contributed by atoms with Crippen LogP contribution in [0.2, 0.25) is 0 Å². The Morgan fingerprint density at radius 1 is 1.14 bits per heavy atom. The lowest BCUT2D eigenvalue weighted by Crippen LogP contribution is -2.45. The maximum absolute atomic E-state index is 13.1. The number of rotatable bonds is 4. The van der Waals surface area contributed by atoms with E-state index in [1.165, 1.54) is 16.9 Å². The Labute approximate surface area is 180 Å². The topological polar surface area (TPSA) is 49.4 Å². The van der Waals surface area contributed by atoms with Gasteiger partial charge in [-0.3, -0.25) is 9.59 Å². The number of thiophene rings is 1. The van der Waals surface area contributed by atoms with Crippen molar-refractivity contribution >= 4 is 23.2 Å². The van der Waals surface area contributed by atoms with Crippen LogP contribution in [0, 0.1) is 23.2 Å². The molecule has 29 heavy (non-hydrogen) atoms. The summed E-state index contributed by atoms with van der Waals surface area (Å²) < 4.78 is 0. The third kappa shape index (κ3) is 5.22.